The fraction of sp³-hybridized carbons (Fsp3) is 0.538. The van der Waals surface area contributed by atoms with E-state index in [4.69, 9.17) is 0 Å². The van der Waals surface area contributed by atoms with Crippen molar-refractivity contribution in [2.24, 2.45) is 11.8 Å². The number of hydrogen-bond acceptors (Lipinski definition) is 4. The van der Waals surface area contributed by atoms with Crippen LogP contribution in [0.3, 0.4) is 0 Å². The average Bonchev–Trinajstić information content (AvgIpc) is 3.22. The largest absolute Gasteiger partial charge is 0.381 e. The lowest BCUT2D eigenvalue weighted by molar-refractivity contribution is -0.146. The molecule has 200 valence electrons. The van der Waals surface area contributed by atoms with Crippen molar-refractivity contribution in [2.45, 2.75) is 56.7 Å². The number of anilines is 1. The number of piperidine rings is 1. The first-order valence-corrected chi connectivity index (χ1v) is 12.3. The van der Waals surface area contributed by atoms with E-state index in [0.29, 0.717) is 11.8 Å². The maximum absolute atomic E-state index is 14.7. The van der Waals surface area contributed by atoms with Crippen molar-refractivity contribution in [1.82, 2.24) is 14.8 Å². The van der Waals surface area contributed by atoms with Gasteiger partial charge in [-0.25, -0.2) is 22.0 Å². The number of carbonyl (C=O) groups is 1. The first-order chi connectivity index (χ1) is 17.3. The Hall–Kier alpha value is -2.95. The van der Waals surface area contributed by atoms with E-state index in [1.807, 2.05) is 7.05 Å². The summed E-state index contributed by atoms with van der Waals surface area (Å²) in [6.07, 6.45) is -2.80. The molecule has 11 heteroatoms. The number of alkyl halides is 4. The van der Waals surface area contributed by atoms with Crippen molar-refractivity contribution < 1.29 is 26.7 Å². The lowest BCUT2D eigenvalue weighted by Crippen LogP contribution is -2.54. The zero-order valence-corrected chi connectivity index (χ0v) is 20.7. The molecule has 0 radical (unpaired) electrons. The van der Waals surface area contributed by atoms with Crippen LogP contribution in [0.15, 0.2) is 35.3 Å². The van der Waals surface area contributed by atoms with Crippen LogP contribution in [0.5, 0.6) is 0 Å². The Morgan fingerprint density at radius 3 is 2.35 bits per heavy atom. The fourth-order valence-electron chi connectivity index (χ4n) is 6.04. The van der Waals surface area contributed by atoms with Crippen LogP contribution >= 0.6 is 0 Å². The Labute approximate surface area is 210 Å². The Bertz CT molecular complexity index is 1280. The Morgan fingerprint density at radius 1 is 1.14 bits per heavy atom. The van der Waals surface area contributed by atoms with Gasteiger partial charge in [-0.2, -0.15) is 0 Å². The fourth-order valence-corrected chi connectivity index (χ4v) is 6.04. The summed E-state index contributed by atoms with van der Waals surface area (Å²) in [5.41, 5.74) is -2.23. The molecule has 0 unspecified atom stereocenters. The Kier molecular flexibility index (Phi) is 6.12. The van der Waals surface area contributed by atoms with Gasteiger partial charge in [0.05, 0.1) is 28.4 Å². The number of benzene rings is 1. The number of carbonyl (C=O) groups excluding carboxylic acids is 1. The summed E-state index contributed by atoms with van der Waals surface area (Å²) in [6.45, 7) is 4.76. The van der Waals surface area contributed by atoms with Crippen LogP contribution in [-0.4, -0.2) is 47.5 Å². The Morgan fingerprint density at radius 2 is 1.76 bits per heavy atom. The van der Waals surface area contributed by atoms with E-state index in [-0.39, 0.29) is 22.9 Å². The van der Waals surface area contributed by atoms with Gasteiger partial charge in [0.1, 0.15) is 5.82 Å². The molecule has 1 aliphatic heterocycles. The first-order valence-electron chi connectivity index (χ1n) is 12.3. The summed E-state index contributed by atoms with van der Waals surface area (Å²) in [5.74, 6) is -3.93. The lowest BCUT2D eigenvalue weighted by Gasteiger charge is -2.46. The van der Waals surface area contributed by atoms with Crippen LogP contribution in [0.2, 0.25) is 0 Å². The van der Waals surface area contributed by atoms with Gasteiger partial charge in [-0.3, -0.25) is 9.59 Å². The third-order valence-electron chi connectivity index (χ3n) is 7.97. The molecule has 1 aromatic carbocycles. The number of halogens is 5. The highest BCUT2D eigenvalue weighted by Gasteiger charge is 2.56. The lowest BCUT2D eigenvalue weighted by atomic mass is 9.74. The van der Waals surface area contributed by atoms with Crippen LogP contribution in [0.25, 0.3) is 0 Å². The number of nitrogens with one attached hydrogen (secondary N) is 2. The SMILES string of the molecule is C[C@@H](NC(=O)c1cn(C2(C)CC(F)(F)C2)c(=O)cc1N[C@H]1[C@@H]2CN(C)C[C@@H]21)c1cccc(C(F)F)c1F. The molecule has 1 saturated heterocycles. The second-order valence-corrected chi connectivity index (χ2v) is 11.0. The summed E-state index contributed by atoms with van der Waals surface area (Å²) >= 11 is 0. The summed E-state index contributed by atoms with van der Waals surface area (Å²) in [6, 6.07) is 3.92. The van der Waals surface area contributed by atoms with E-state index >= 15 is 0 Å². The molecular formula is C26H29F5N4O2. The number of aromatic nitrogens is 1. The summed E-state index contributed by atoms with van der Waals surface area (Å²) in [5, 5.41) is 5.91. The molecule has 2 heterocycles. The van der Waals surface area contributed by atoms with Gasteiger partial charge in [-0.15, -0.1) is 0 Å². The quantitative estimate of drug-likeness (QED) is 0.523. The molecule has 5 rings (SSSR count). The van der Waals surface area contributed by atoms with Crippen molar-refractivity contribution in [1.29, 1.82) is 0 Å². The van der Waals surface area contributed by atoms with Gasteiger partial charge >= 0.3 is 0 Å². The number of hydrogen-bond donors (Lipinski definition) is 2. The van der Waals surface area contributed by atoms with Gasteiger partial charge in [0.25, 0.3) is 23.8 Å². The summed E-state index contributed by atoms with van der Waals surface area (Å²) < 4.78 is 69.6. The molecule has 2 aliphatic carbocycles. The van der Waals surface area contributed by atoms with Gasteiger partial charge in [-0.05, 0) is 32.7 Å². The van der Waals surface area contributed by atoms with Crippen molar-refractivity contribution in [3.63, 3.8) is 0 Å². The molecule has 3 fully saturated rings. The monoisotopic (exact) mass is 524 g/mol. The minimum atomic E-state index is -3.01. The molecule has 2 N–H and O–H groups in total. The van der Waals surface area contributed by atoms with Crippen LogP contribution in [0, 0.1) is 17.7 Å². The van der Waals surface area contributed by atoms with Crippen LogP contribution in [-0.2, 0) is 5.54 Å². The molecular weight excluding hydrogens is 495 g/mol. The van der Waals surface area contributed by atoms with E-state index in [1.165, 1.54) is 38.2 Å². The minimum absolute atomic E-state index is 0.0478. The van der Waals surface area contributed by atoms with E-state index in [9.17, 15) is 31.5 Å². The van der Waals surface area contributed by atoms with E-state index in [2.05, 4.69) is 15.5 Å². The zero-order chi connectivity index (χ0) is 26.9. The van der Waals surface area contributed by atoms with Gasteiger partial charge in [0, 0.05) is 49.8 Å². The van der Waals surface area contributed by atoms with Gasteiger partial charge in [0.2, 0.25) is 0 Å². The van der Waals surface area contributed by atoms with Crippen molar-refractivity contribution in [3.8, 4) is 0 Å². The molecule has 0 spiro atoms. The Balaban J connectivity index is 1.45. The smallest absolute Gasteiger partial charge is 0.266 e. The highest BCUT2D eigenvalue weighted by molar-refractivity contribution is 5.99. The third kappa shape index (κ3) is 4.62. The molecule has 1 amide bonds. The zero-order valence-electron chi connectivity index (χ0n) is 20.7. The highest BCUT2D eigenvalue weighted by Crippen LogP contribution is 2.50. The van der Waals surface area contributed by atoms with Crippen LogP contribution in [0.1, 0.15) is 60.6 Å². The van der Waals surface area contributed by atoms with Gasteiger partial charge in [-0.1, -0.05) is 18.2 Å². The number of likely N-dealkylation sites (tertiary alicyclic amines) is 1. The first kappa shape index (κ1) is 25.7. The molecule has 2 aromatic rings. The van der Waals surface area contributed by atoms with E-state index in [0.717, 1.165) is 23.7 Å². The number of nitrogens with zero attached hydrogens (tertiary/aromatic N) is 2. The van der Waals surface area contributed by atoms with Crippen molar-refractivity contribution in [2.75, 3.05) is 25.5 Å². The van der Waals surface area contributed by atoms with E-state index < -0.39 is 59.6 Å². The van der Waals surface area contributed by atoms with Gasteiger partial charge < -0.3 is 20.1 Å². The molecule has 6 nitrogen and oxygen atoms in total. The third-order valence-corrected chi connectivity index (χ3v) is 7.97. The highest BCUT2D eigenvalue weighted by atomic mass is 19.3. The summed E-state index contributed by atoms with van der Waals surface area (Å²) in [7, 11) is 2.02. The number of amides is 1. The maximum Gasteiger partial charge on any atom is 0.266 e. The van der Waals surface area contributed by atoms with Crippen molar-refractivity contribution >= 4 is 11.6 Å². The minimum Gasteiger partial charge on any atom is -0.381 e. The summed E-state index contributed by atoms with van der Waals surface area (Å²) in [4.78, 5) is 28.6. The molecule has 4 atom stereocenters. The average molecular weight is 525 g/mol. The van der Waals surface area contributed by atoms with Crippen molar-refractivity contribution in [3.05, 3.63) is 63.3 Å². The number of rotatable bonds is 7. The predicted molar refractivity (Wildman–Crippen MR) is 128 cm³/mol. The molecule has 37 heavy (non-hydrogen) atoms. The second-order valence-electron chi connectivity index (χ2n) is 11.0. The normalized spacial score (nSPS) is 26.4. The predicted octanol–water partition coefficient (Wildman–Crippen LogP) is 4.53. The maximum atomic E-state index is 14.7. The second kappa shape index (κ2) is 8.82. The number of fused-ring (bicyclic) bond motifs is 1. The van der Waals surface area contributed by atoms with Crippen LogP contribution in [0.4, 0.5) is 27.6 Å². The molecule has 3 aliphatic rings. The standard InChI is InChI=1S/C26H29F5N4O2/c1-13(14-5-4-6-15(21(14)27)23(28)29)32-24(37)18-10-35(25(2)11-26(30,31)12-25)20(36)7-19(18)33-22-16-8-34(3)9-17(16)22/h4-7,10,13,16-17,22-23,33H,8-9,11-12H2,1-3H3,(H,32,37)/t13-,16-,17+,22+/m1/s1. The number of pyridine rings is 1. The topological polar surface area (TPSA) is 66.4 Å². The van der Waals surface area contributed by atoms with Gasteiger partial charge in [0.15, 0.2) is 0 Å². The molecule has 2 saturated carbocycles. The van der Waals surface area contributed by atoms with E-state index in [1.54, 1.807) is 0 Å². The molecule has 1 aromatic heterocycles. The van der Waals surface area contributed by atoms with Crippen LogP contribution < -0.4 is 16.2 Å². The molecule has 0 bridgehead atoms.